The predicted octanol–water partition coefficient (Wildman–Crippen LogP) is 1.49. The van der Waals surface area contributed by atoms with Gasteiger partial charge in [-0.15, -0.1) is 0 Å². The summed E-state index contributed by atoms with van der Waals surface area (Å²) in [7, 11) is 5.35. The Morgan fingerprint density at radius 2 is 2.21 bits per heavy atom. The van der Waals surface area contributed by atoms with Gasteiger partial charge in [0.25, 0.3) is 0 Å². The van der Waals surface area contributed by atoms with Crippen molar-refractivity contribution in [2.75, 3.05) is 27.7 Å². The zero-order valence-corrected chi connectivity index (χ0v) is 14.6. The van der Waals surface area contributed by atoms with Crippen LogP contribution in [0.15, 0.2) is 28.8 Å². The van der Waals surface area contributed by atoms with E-state index < -0.39 is 0 Å². The zero-order chi connectivity index (χ0) is 17.5. The molecule has 0 aliphatic rings. The van der Waals surface area contributed by atoms with Gasteiger partial charge in [-0.05, 0) is 26.6 Å². The fourth-order valence-electron chi connectivity index (χ4n) is 2.49. The third-order valence-electron chi connectivity index (χ3n) is 3.54. The molecule has 0 aliphatic carbocycles. The summed E-state index contributed by atoms with van der Waals surface area (Å²) in [6.45, 7) is 2.76. The number of hydrogen-bond donors (Lipinski definition) is 1. The largest absolute Gasteiger partial charge is 0.377 e. The van der Waals surface area contributed by atoms with E-state index in [2.05, 4.69) is 15.5 Å². The highest BCUT2D eigenvalue weighted by Gasteiger charge is 2.22. The highest BCUT2D eigenvalue weighted by Crippen LogP contribution is 2.19. The number of benzene rings is 1. The van der Waals surface area contributed by atoms with Crippen molar-refractivity contribution in [3.8, 4) is 0 Å². The second-order valence-electron chi connectivity index (χ2n) is 5.86. The molecule has 1 N–H and O–H groups in total. The number of ether oxygens (including phenoxy) is 1. The van der Waals surface area contributed by atoms with Crippen LogP contribution in [0.25, 0.3) is 0 Å². The van der Waals surface area contributed by atoms with Crippen LogP contribution in [0, 0.1) is 6.92 Å². The summed E-state index contributed by atoms with van der Waals surface area (Å²) in [4.78, 5) is 18.6. The molecule has 1 atom stereocenters. The third kappa shape index (κ3) is 4.87. The molecule has 0 saturated heterocycles. The molecule has 130 valence electrons. The normalized spacial score (nSPS) is 12.4. The fourth-order valence-corrected chi connectivity index (χ4v) is 2.49. The Hall–Kier alpha value is -2.25. The second kappa shape index (κ2) is 8.56. The quantitative estimate of drug-likeness (QED) is 0.789. The van der Waals surface area contributed by atoms with Crippen molar-refractivity contribution in [1.82, 2.24) is 20.4 Å². The minimum atomic E-state index is -0.336. The maximum atomic E-state index is 12.6. The monoisotopic (exact) mass is 332 g/mol. The van der Waals surface area contributed by atoms with Gasteiger partial charge < -0.3 is 14.6 Å². The number of methoxy groups -OCH3 is 1. The van der Waals surface area contributed by atoms with Crippen LogP contribution in [0.1, 0.15) is 28.9 Å². The van der Waals surface area contributed by atoms with Crippen LogP contribution in [-0.2, 0) is 22.6 Å². The van der Waals surface area contributed by atoms with Crippen molar-refractivity contribution in [2.45, 2.75) is 26.0 Å². The molecule has 2 aromatic rings. The molecule has 0 unspecified atom stereocenters. The van der Waals surface area contributed by atoms with E-state index in [-0.39, 0.29) is 11.9 Å². The lowest BCUT2D eigenvalue weighted by Gasteiger charge is -2.24. The molecule has 0 spiro atoms. The van der Waals surface area contributed by atoms with Gasteiger partial charge in [0.15, 0.2) is 5.82 Å². The van der Waals surface area contributed by atoms with Crippen LogP contribution < -0.4 is 5.32 Å². The van der Waals surface area contributed by atoms with Crippen LogP contribution in [-0.4, -0.2) is 48.7 Å². The van der Waals surface area contributed by atoms with Gasteiger partial charge in [-0.25, -0.2) is 0 Å². The number of likely N-dealkylation sites (N-methyl/N-ethyl adjacent to an activating group) is 1. The molecule has 1 aromatic carbocycles. The van der Waals surface area contributed by atoms with Crippen molar-refractivity contribution in [3.05, 3.63) is 47.1 Å². The number of carbonyl (C=O) groups is 1. The minimum absolute atomic E-state index is 0.0535. The smallest absolute Gasteiger partial charge is 0.241 e. The average Bonchev–Trinajstić information content (AvgIpc) is 2.95. The highest BCUT2D eigenvalue weighted by molar-refractivity contribution is 5.83. The van der Waals surface area contributed by atoms with Gasteiger partial charge in [0.1, 0.15) is 12.6 Å². The van der Waals surface area contributed by atoms with Crippen LogP contribution in [0.3, 0.4) is 0 Å². The van der Waals surface area contributed by atoms with Crippen LogP contribution in [0.5, 0.6) is 0 Å². The molecule has 7 nitrogen and oxygen atoms in total. The summed E-state index contributed by atoms with van der Waals surface area (Å²) in [5, 5.41) is 6.72. The van der Waals surface area contributed by atoms with Gasteiger partial charge >= 0.3 is 0 Å². The Morgan fingerprint density at radius 3 is 2.88 bits per heavy atom. The van der Waals surface area contributed by atoms with Gasteiger partial charge in [0.2, 0.25) is 11.8 Å². The summed E-state index contributed by atoms with van der Waals surface area (Å²) < 4.78 is 10.0. The van der Waals surface area contributed by atoms with Gasteiger partial charge in [0, 0.05) is 20.1 Å². The van der Waals surface area contributed by atoms with Crippen molar-refractivity contribution in [2.24, 2.45) is 0 Å². The first-order valence-corrected chi connectivity index (χ1v) is 7.82. The molecule has 1 aromatic heterocycles. The van der Waals surface area contributed by atoms with Gasteiger partial charge in [0.05, 0.1) is 0 Å². The first-order valence-electron chi connectivity index (χ1n) is 7.82. The topological polar surface area (TPSA) is 80.5 Å². The number of aromatic nitrogens is 2. The highest BCUT2D eigenvalue weighted by atomic mass is 16.5. The van der Waals surface area contributed by atoms with Crippen molar-refractivity contribution >= 4 is 5.91 Å². The summed E-state index contributed by atoms with van der Waals surface area (Å²) in [6.07, 6.45) is 0.483. The number of carbonyl (C=O) groups excluding carboxylic acids is 1. The standard InChI is InChI=1S/C17H24N4O3/c1-12-6-5-7-13(10-12)16(21(2)3)17(22)18-9-8-15-19-14(11-23-4)20-24-15/h5-7,10,16H,8-9,11H2,1-4H3,(H,18,22)/t16-/m1/s1. The molecule has 7 heteroatoms. The summed E-state index contributed by atoms with van der Waals surface area (Å²) >= 11 is 0. The number of hydrogen-bond acceptors (Lipinski definition) is 6. The summed E-state index contributed by atoms with van der Waals surface area (Å²) in [5.41, 5.74) is 2.10. The molecule has 0 fully saturated rings. The molecule has 24 heavy (non-hydrogen) atoms. The zero-order valence-electron chi connectivity index (χ0n) is 14.6. The fraction of sp³-hybridized carbons (Fsp3) is 0.471. The van der Waals surface area contributed by atoms with Crippen LogP contribution >= 0.6 is 0 Å². The van der Waals surface area contributed by atoms with E-state index in [9.17, 15) is 4.79 Å². The molecule has 2 rings (SSSR count). The Labute approximate surface area is 142 Å². The number of rotatable bonds is 8. The lowest BCUT2D eigenvalue weighted by molar-refractivity contribution is -0.125. The molecule has 1 amide bonds. The Morgan fingerprint density at radius 1 is 1.42 bits per heavy atom. The second-order valence-corrected chi connectivity index (χ2v) is 5.86. The average molecular weight is 332 g/mol. The Bertz CT molecular complexity index is 669. The molecular formula is C17H24N4O3. The lowest BCUT2D eigenvalue weighted by Crippen LogP contribution is -2.38. The third-order valence-corrected chi connectivity index (χ3v) is 3.54. The molecule has 0 radical (unpaired) electrons. The predicted molar refractivity (Wildman–Crippen MR) is 89.3 cm³/mol. The number of nitrogens with one attached hydrogen (secondary N) is 1. The van der Waals surface area contributed by atoms with Gasteiger partial charge in [-0.2, -0.15) is 4.98 Å². The lowest BCUT2D eigenvalue weighted by atomic mass is 10.0. The van der Waals surface area contributed by atoms with E-state index >= 15 is 0 Å². The maximum Gasteiger partial charge on any atom is 0.241 e. The number of aryl methyl sites for hydroxylation is 1. The summed E-state index contributed by atoms with van der Waals surface area (Å²) in [5.74, 6) is 0.936. The molecule has 0 bridgehead atoms. The maximum absolute atomic E-state index is 12.6. The minimum Gasteiger partial charge on any atom is -0.377 e. The van der Waals surface area contributed by atoms with Gasteiger partial charge in [-0.3, -0.25) is 9.69 Å². The molecular weight excluding hydrogens is 308 g/mol. The van der Waals surface area contributed by atoms with E-state index in [1.165, 1.54) is 0 Å². The van der Waals surface area contributed by atoms with Crippen molar-refractivity contribution < 1.29 is 14.1 Å². The van der Waals surface area contributed by atoms with E-state index in [4.69, 9.17) is 9.26 Å². The molecule has 0 aliphatic heterocycles. The first kappa shape index (κ1) is 18.1. The number of amides is 1. The van der Waals surface area contributed by atoms with Gasteiger partial charge in [-0.1, -0.05) is 35.0 Å². The molecule has 0 saturated carbocycles. The van der Waals surface area contributed by atoms with E-state index in [0.717, 1.165) is 11.1 Å². The van der Waals surface area contributed by atoms with E-state index in [1.807, 2.05) is 50.2 Å². The van der Waals surface area contributed by atoms with Crippen LogP contribution in [0.4, 0.5) is 0 Å². The van der Waals surface area contributed by atoms with E-state index in [0.29, 0.717) is 31.3 Å². The van der Waals surface area contributed by atoms with Crippen LogP contribution in [0.2, 0.25) is 0 Å². The first-order chi connectivity index (χ1) is 11.5. The SMILES string of the molecule is COCc1noc(CCNC(=O)[C@@H](c2cccc(C)c2)N(C)C)n1. The van der Waals surface area contributed by atoms with Crippen molar-refractivity contribution in [3.63, 3.8) is 0 Å². The number of nitrogens with zero attached hydrogens (tertiary/aromatic N) is 3. The van der Waals surface area contributed by atoms with Crippen molar-refractivity contribution in [1.29, 1.82) is 0 Å². The Kier molecular flexibility index (Phi) is 6.45. The molecule has 1 heterocycles. The van der Waals surface area contributed by atoms with E-state index in [1.54, 1.807) is 7.11 Å². The Balaban J connectivity index is 1.93. The summed E-state index contributed by atoms with van der Waals surface area (Å²) in [6, 6.07) is 7.63.